The number of halogens is 2. The Balaban J connectivity index is 0.00000240. The van der Waals surface area contributed by atoms with Crippen LogP contribution < -0.4 is 10.6 Å². The van der Waals surface area contributed by atoms with Crippen LogP contribution in [0.15, 0.2) is 64.1 Å². The number of aromatic nitrogens is 2. The lowest BCUT2D eigenvalue weighted by atomic mass is 9.96. The third-order valence-corrected chi connectivity index (χ3v) is 5.25. The van der Waals surface area contributed by atoms with Crippen LogP contribution in [0.2, 0.25) is 5.02 Å². The van der Waals surface area contributed by atoms with Crippen molar-refractivity contribution in [1.29, 1.82) is 0 Å². The highest BCUT2D eigenvalue weighted by atomic mass is 127. The molecule has 8 heteroatoms. The maximum atomic E-state index is 6.02. The van der Waals surface area contributed by atoms with E-state index in [9.17, 15) is 0 Å². The lowest BCUT2D eigenvalue weighted by molar-refractivity contribution is 0.375. The molecule has 0 unspecified atom stereocenters. The Morgan fingerprint density at radius 2 is 1.93 bits per heavy atom. The first-order chi connectivity index (χ1) is 13.7. The molecule has 2 aromatic carbocycles. The molecule has 0 amide bonds. The van der Waals surface area contributed by atoms with Gasteiger partial charge in [0.25, 0.3) is 0 Å². The number of rotatable bonds is 6. The van der Waals surface area contributed by atoms with Crippen LogP contribution in [-0.2, 0) is 12.0 Å². The van der Waals surface area contributed by atoms with Gasteiger partial charge in [-0.1, -0.05) is 59.2 Å². The van der Waals surface area contributed by atoms with Crippen LogP contribution in [0.5, 0.6) is 0 Å². The highest BCUT2D eigenvalue weighted by Gasteiger charge is 2.43. The molecule has 1 aliphatic carbocycles. The third kappa shape index (κ3) is 5.27. The van der Waals surface area contributed by atoms with E-state index in [4.69, 9.17) is 16.1 Å². The topological polar surface area (TPSA) is 75.3 Å². The summed E-state index contributed by atoms with van der Waals surface area (Å²) in [5, 5.41) is 11.3. The number of guanidine groups is 1. The summed E-state index contributed by atoms with van der Waals surface area (Å²) in [7, 11) is 1.75. The molecular formula is C21H23ClIN5O. The first kappa shape index (κ1) is 21.6. The van der Waals surface area contributed by atoms with Gasteiger partial charge in [0.2, 0.25) is 11.7 Å². The molecule has 0 spiro atoms. The molecule has 1 heterocycles. The normalized spacial score (nSPS) is 14.8. The van der Waals surface area contributed by atoms with E-state index in [0.29, 0.717) is 29.2 Å². The summed E-state index contributed by atoms with van der Waals surface area (Å²) in [4.78, 5) is 8.71. The molecule has 1 saturated carbocycles. The molecule has 1 fully saturated rings. The molecule has 152 valence electrons. The Morgan fingerprint density at radius 1 is 1.14 bits per heavy atom. The summed E-state index contributed by atoms with van der Waals surface area (Å²) in [5.41, 5.74) is 2.41. The lowest BCUT2D eigenvalue weighted by Gasteiger charge is -2.18. The quantitative estimate of drug-likeness (QED) is 0.285. The van der Waals surface area contributed by atoms with Crippen LogP contribution in [0.4, 0.5) is 0 Å². The van der Waals surface area contributed by atoms with Gasteiger partial charge >= 0.3 is 0 Å². The smallest absolute Gasteiger partial charge is 0.246 e. The van der Waals surface area contributed by atoms with Gasteiger partial charge in [0, 0.05) is 29.6 Å². The minimum absolute atomic E-state index is 0. The Labute approximate surface area is 192 Å². The Kier molecular flexibility index (Phi) is 7.13. The SMILES string of the molecule is CN=C(NCc1nc(-c2cccc(Cl)c2)no1)NCC1(c2ccccc2)CC1.I. The van der Waals surface area contributed by atoms with Crippen LogP contribution >= 0.6 is 35.6 Å². The molecule has 1 aliphatic rings. The maximum Gasteiger partial charge on any atom is 0.246 e. The van der Waals surface area contributed by atoms with Gasteiger partial charge in [-0.15, -0.1) is 24.0 Å². The number of nitrogens with one attached hydrogen (secondary N) is 2. The maximum absolute atomic E-state index is 6.02. The second-order valence-electron chi connectivity index (χ2n) is 6.95. The first-order valence-electron chi connectivity index (χ1n) is 9.27. The zero-order valence-electron chi connectivity index (χ0n) is 16.1. The van der Waals surface area contributed by atoms with E-state index in [1.807, 2.05) is 24.3 Å². The molecule has 6 nitrogen and oxygen atoms in total. The van der Waals surface area contributed by atoms with Gasteiger partial charge in [-0.2, -0.15) is 4.98 Å². The van der Waals surface area contributed by atoms with Crippen molar-refractivity contribution in [2.75, 3.05) is 13.6 Å². The van der Waals surface area contributed by atoms with E-state index < -0.39 is 0 Å². The predicted molar refractivity (Wildman–Crippen MR) is 126 cm³/mol. The Bertz CT molecular complexity index is 972. The van der Waals surface area contributed by atoms with Crippen molar-refractivity contribution < 1.29 is 4.52 Å². The molecule has 29 heavy (non-hydrogen) atoms. The second-order valence-corrected chi connectivity index (χ2v) is 7.38. The van der Waals surface area contributed by atoms with Crippen molar-refractivity contribution in [2.24, 2.45) is 4.99 Å². The summed E-state index contributed by atoms with van der Waals surface area (Å²) in [6.07, 6.45) is 2.38. The van der Waals surface area contributed by atoms with E-state index in [1.165, 1.54) is 18.4 Å². The van der Waals surface area contributed by atoms with Crippen molar-refractivity contribution in [3.63, 3.8) is 0 Å². The van der Waals surface area contributed by atoms with E-state index >= 15 is 0 Å². The molecule has 4 rings (SSSR count). The standard InChI is InChI=1S/C21H22ClN5O.HI/c1-23-20(25-14-21(10-11-21)16-7-3-2-4-8-16)24-13-18-26-19(27-28-18)15-6-5-9-17(22)12-15;/h2-9,12H,10-11,13-14H2,1H3,(H2,23,24,25);1H. The van der Waals surface area contributed by atoms with Crippen molar-refractivity contribution in [2.45, 2.75) is 24.8 Å². The number of hydrogen-bond acceptors (Lipinski definition) is 4. The van der Waals surface area contributed by atoms with Crippen molar-refractivity contribution in [1.82, 2.24) is 20.8 Å². The van der Waals surface area contributed by atoms with Gasteiger partial charge in [0.15, 0.2) is 5.96 Å². The third-order valence-electron chi connectivity index (χ3n) is 5.02. The summed E-state index contributed by atoms with van der Waals surface area (Å²) >= 11 is 6.02. The fourth-order valence-electron chi connectivity index (χ4n) is 3.21. The van der Waals surface area contributed by atoms with Crippen LogP contribution in [0.3, 0.4) is 0 Å². The number of benzene rings is 2. The molecule has 0 radical (unpaired) electrons. The molecule has 0 aliphatic heterocycles. The monoisotopic (exact) mass is 523 g/mol. The molecular weight excluding hydrogens is 501 g/mol. The average Bonchev–Trinajstić information content (AvgIpc) is 3.37. The molecule has 0 saturated heterocycles. The molecule has 3 aromatic rings. The van der Waals surface area contributed by atoms with Crippen molar-refractivity contribution in [3.8, 4) is 11.4 Å². The van der Waals surface area contributed by atoms with E-state index in [2.05, 4.69) is 56.1 Å². The highest BCUT2D eigenvalue weighted by molar-refractivity contribution is 14.0. The summed E-state index contributed by atoms with van der Waals surface area (Å²) < 4.78 is 5.33. The van der Waals surface area contributed by atoms with Crippen molar-refractivity contribution in [3.05, 3.63) is 71.1 Å². The highest BCUT2D eigenvalue weighted by Crippen LogP contribution is 2.47. The fourth-order valence-corrected chi connectivity index (χ4v) is 3.40. The lowest BCUT2D eigenvalue weighted by Crippen LogP contribution is -2.40. The minimum atomic E-state index is 0. The van der Waals surface area contributed by atoms with Crippen LogP contribution in [0.25, 0.3) is 11.4 Å². The van der Waals surface area contributed by atoms with E-state index in [1.54, 1.807) is 7.05 Å². The minimum Gasteiger partial charge on any atom is -0.356 e. The van der Waals surface area contributed by atoms with Crippen LogP contribution in [0.1, 0.15) is 24.3 Å². The molecule has 1 aromatic heterocycles. The number of hydrogen-bond donors (Lipinski definition) is 2. The van der Waals surface area contributed by atoms with Gasteiger partial charge in [-0.25, -0.2) is 0 Å². The number of aliphatic imine (C=N–C) groups is 1. The predicted octanol–water partition coefficient (Wildman–Crippen LogP) is 4.40. The Morgan fingerprint density at radius 3 is 2.62 bits per heavy atom. The van der Waals surface area contributed by atoms with Gasteiger partial charge in [-0.3, -0.25) is 4.99 Å². The first-order valence-corrected chi connectivity index (χ1v) is 9.65. The summed E-state index contributed by atoms with van der Waals surface area (Å²) in [6.45, 7) is 1.24. The van der Waals surface area contributed by atoms with E-state index in [0.717, 1.165) is 12.1 Å². The summed E-state index contributed by atoms with van der Waals surface area (Å²) in [6, 6.07) is 18.0. The zero-order chi connectivity index (χ0) is 19.4. The van der Waals surface area contributed by atoms with Crippen molar-refractivity contribution >= 4 is 41.5 Å². The van der Waals surface area contributed by atoms with Gasteiger partial charge in [0.1, 0.15) is 0 Å². The average molecular weight is 524 g/mol. The van der Waals surface area contributed by atoms with Crippen LogP contribution in [0, 0.1) is 0 Å². The van der Waals surface area contributed by atoms with E-state index in [-0.39, 0.29) is 29.4 Å². The largest absolute Gasteiger partial charge is 0.356 e. The molecule has 2 N–H and O–H groups in total. The Hall–Kier alpha value is -2.13. The zero-order valence-corrected chi connectivity index (χ0v) is 19.1. The fraction of sp³-hybridized carbons (Fsp3) is 0.286. The van der Waals surface area contributed by atoms with Gasteiger partial charge in [0.05, 0.1) is 6.54 Å². The molecule has 0 atom stereocenters. The van der Waals surface area contributed by atoms with Gasteiger partial charge in [-0.05, 0) is 30.5 Å². The molecule has 0 bridgehead atoms. The summed E-state index contributed by atoms with van der Waals surface area (Å²) in [5.74, 6) is 1.72. The van der Waals surface area contributed by atoms with Crippen LogP contribution in [-0.4, -0.2) is 29.7 Å². The van der Waals surface area contributed by atoms with Gasteiger partial charge < -0.3 is 15.2 Å². The second kappa shape index (κ2) is 9.58. The number of nitrogens with zero attached hydrogens (tertiary/aromatic N) is 3.